The van der Waals surface area contributed by atoms with E-state index in [2.05, 4.69) is 10.2 Å². The molecule has 2 saturated heterocycles. The summed E-state index contributed by atoms with van der Waals surface area (Å²) in [4.78, 5) is 13.8. The molecule has 1 spiro atoms. The van der Waals surface area contributed by atoms with Crippen molar-refractivity contribution in [2.75, 3.05) is 26.2 Å². The van der Waals surface area contributed by atoms with Crippen LogP contribution in [-0.4, -0.2) is 37.0 Å². The van der Waals surface area contributed by atoms with Crippen LogP contribution in [0.5, 0.6) is 0 Å². The van der Waals surface area contributed by atoms with Crippen molar-refractivity contribution >= 4 is 5.91 Å². The van der Waals surface area contributed by atoms with Gasteiger partial charge in [0.1, 0.15) is 0 Å². The number of carbonyl (C=O) groups is 1. The zero-order chi connectivity index (χ0) is 9.60. The highest BCUT2D eigenvalue weighted by Gasteiger charge is 2.48. The third-order valence-corrected chi connectivity index (χ3v) is 3.85. The molecule has 2 aliphatic heterocycles. The Morgan fingerprint density at radius 2 is 2.14 bits per heavy atom. The van der Waals surface area contributed by atoms with Crippen LogP contribution in [0, 0.1) is 11.3 Å². The van der Waals surface area contributed by atoms with Gasteiger partial charge in [-0.25, -0.2) is 0 Å². The topological polar surface area (TPSA) is 32.3 Å². The summed E-state index contributed by atoms with van der Waals surface area (Å²) in [6.45, 7) is 4.34. The van der Waals surface area contributed by atoms with Gasteiger partial charge in [-0.2, -0.15) is 0 Å². The van der Waals surface area contributed by atoms with Crippen LogP contribution in [0.1, 0.15) is 25.7 Å². The summed E-state index contributed by atoms with van der Waals surface area (Å²) < 4.78 is 0. The molecule has 0 atom stereocenters. The van der Waals surface area contributed by atoms with Crippen LogP contribution in [-0.2, 0) is 4.79 Å². The Kier molecular flexibility index (Phi) is 1.84. The standard InChI is InChI=1S/C11H18N2O/c14-10(9-2-3-9)13-7-11(8-13)4-1-5-12-6-11/h9,12H,1-8H2. The molecule has 1 aliphatic carbocycles. The smallest absolute Gasteiger partial charge is 0.225 e. The molecule has 3 heteroatoms. The van der Waals surface area contributed by atoms with Crippen LogP contribution < -0.4 is 5.32 Å². The lowest BCUT2D eigenvalue weighted by Crippen LogP contribution is -2.64. The molecule has 1 saturated carbocycles. The molecule has 0 aromatic rings. The molecule has 78 valence electrons. The van der Waals surface area contributed by atoms with Crippen LogP contribution in [0.3, 0.4) is 0 Å². The van der Waals surface area contributed by atoms with Crippen LogP contribution in [0.4, 0.5) is 0 Å². The Labute approximate surface area is 84.8 Å². The van der Waals surface area contributed by atoms with Crippen molar-refractivity contribution in [2.24, 2.45) is 11.3 Å². The minimum atomic E-state index is 0.406. The highest BCUT2D eigenvalue weighted by molar-refractivity contribution is 5.82. The maximum Gasteiger partial charge on any atom is 0.225 e. The molecule has 0 aromatic carbocycles. The average molecular weight is 194 g/mol. The Hall–Kier alpha value is -0.570. The van der Waals surface area contributed by atoms with Crippen molar-refractivity contribution in [3.8, 4) is 0 Å². The number of carbonyl (C=O) groups excluding carboxylic acids is 1. The average Bonchev–Trinajstić information content (AvgIpc) is 2.97. The fraction of sp³-hybridized carbons (Fsp3) is 0.909. The molecule has 3 nitrogen and oxygen atoms in total. The second-order valence-corrected chi connectivity index (χ2v) is 5.25. The minimum absolute atomic E-state index is 0.406. The molecule has 0 aromatic heterocycles. The number of nitrogens with one attached hydrogen (secondary N) is 1. The van der Waals surface area contributed by atoms with Crippen molar-refractivity contribution in [2.45, 2.75) is 25.7 Å². The van der Waals surface area contributed by atoms with Gasteiger partial charge in [-0.1, -0.05) is 0 Å². The number of piperidine rings is 1. The zero-order valence-electron chi connectivity index (χ0n) is 8.59. The summed E-state index contributed by atoms with van der Waals surface area (Å²) in [6, 6.07) is 0. The summed E-state index contributed by atoms with van der Waals surface area (Å²) in [5.74, 6) is 0.838. The second-order valence-electron chi connectivity index (χ2n) is 5.25. The summed E-state index contributed by atoms with van der Waals surface area (Å²) in [6.07, 6.45) is 4.88. The third kappa shape index (κ3) is 1.34. The maximum absolute atomic E-state index is 11.7. The maximum atomic E-state index is 11.7. The molecule has 1 N–H and O–H groups in total. The van der Waals surface area contributed by atoms with Crippen LogP contribution in [0.25, 0.3) is 0 Å². The molecule has 3 aliphatic rings. The van der Waals surface area contributed by atoms with E-state index in [0.717, 1.165) is 32.5 Å². The Bertz CT molecular complexity index is 246. The van der Waals surface area contributed by atoms with Crippen LogP contribution in [0.15, 0.2) is 0 Å². The van der Waals surface area contributed by atoms with Gasteiger partial charge in [0.05, 0.1) is 0 Å². The van der Waals surface area contributed by atoms with E-state index >= 15 is 0 Å². The van der Waals surface area contributed by atoms with E-state index in [0.29, 0.717) is 17.2 Å². The van der Waals surface area contributed by atoms with E-state index in [-0.39, 0.29) is 0 Å². The first kappa shape index (κ1) is 8.72. The van der Waals surface area contributed by atoms with Crippen molar-refractivity contribution in [3.05, 3.63) is 0 Å². The molecule has 0 unspecified atom stereocenters. The van der Waals surface area contributed by atoms with Gasteiger partial charge in [0.25, 0.3) is 0 Å². The molecule has 3 rings (SSSR count). The van der Waals surface area contributed by atoms with Crippen LogP contribution in [0.2, 0.25) is 0 Å². The van der Waals surface area contributed by atoms with Gasteiger partial charge in [-0.3, -0.25) is 4.79 Å². The monoisotopic (exact) mass is 194 g/mol. The summed E-state index contributed by atoms with van der Waals surface area (Å²) in [5, 5.41) is 3.44. The largest absolute Gasteiger partial charge is 0.341 e. The predicted molar refractivity (Wildman–Crippen MR) is 53.8 cm³/mol. The van der Waals surface area contributed by atoms with Crippen molar-refractivity contribution in [3.63, 3.8) is 0 Å². The lowest BCUT2D eigenvalue weighted by Gasteiger charge is -2.52. The predicted octanol–water partition coefficient (Wildman–Crippen LogP) is 0.608. The van der Waals surface area contributed by atoms with Crippen molar-refractivity contribution in [1.82, 2.24) is 10.2 Å². The summed E-state index contributed by atoms with van der Waals surface area (Å²) in [5.41, 5.74) is 0.461. The summed E-state index contributed by atoms with van der Waals surface area (Å²) >= 11 is 0. The van der Waals surface area contributed by atoms with E-state index < -0.39 is 0 Å². The Morgan fingerprint density at radius 3 is 2.71 bits per heavy atom. The molecule has 1 amide bonds. The first-order valence-corrected chi connectivity index (χ1v) is 5.79. The van der Waals surface area contributed by atoms with E-state index in [9.17, 15) is 4.79 Å². The first-order valence-electron chi connectivity index (χ1n) is 5.79. The SMILES string of the molecule is O=C(C1CC1)N1CC2(CCCNC2)C1. The molecule has 0 radical (unpaired) electrons. The van der Waals surface area contributed by atoms with E-state index in [1.807, 2.05) is 0 Å². The highest BCUT2D eigenvalue weighted by Crippen LogP contribution is 2.40. The van der Waals surface area contributed by atoms with Crippen molar-refractivity contribution in [1.29, 1.82) is 0 Å². The van der Waals surface area contributed by atoms with Gasteiger partial charge in [-0.05, 0) is 32.2 Å². The lowest BCUT2D eigenvalue weighted by atomic mass is 9.74. The summed E-state index contributed by atoms with van der Waals surface area (Å²) in [7, 11) is 0. The molecule has 3 fully saturated rings. The normalized spacial score (nSPS) is 30.1. The Morgan fingerprint density at radius 1 is 1.36 bits per heavy atom. The molecule has 0 bridgehead atoms. The van der Waals surface area contributed by atoms with Gasteiger partial charge < -0.3 is 10.2 Å². The Balaban J connectivity index is 1.56. The number of hydrogen-bond acceptors (Lipinski definition) is 2. The van der Waals surface area contributed by atoms with E-state index in [1.54, 1.807) is 0 Å². The number of rotatable bonds is 1. The molecular weight excluding hydrogens is 176 g/mol. The molecule has 2 heterocycles. The first-order chi connectivity index (χ1) is 6.79. The second kappa shape index (κ2) is 2.96. The lowest BCUT2D eigenvalue weighted by molar-refractivity contribution is -0.146. The quantitative estimate of drug-likeness (QED) is 0.663. The fourth-order valence-corrected chi connectivity index (χ4v) is 2.81. The van der Waals surface area contributed by atoms with Gasteiger partial charge in [0.2, 0.25) is 5.91 Å². The molecular formula is C11H18N2O. The highest BCUT2D eigenvalue weighted by atomic mass is 16.2. The number of likely N-dealkylation sites (tertiary alicyclic amines) is 1. The third-order valence-electron chi connectivity index (χ3n) is 3.85. The van der Waals surface area contributed by atoms with Crippen LogP contribution >= 0.6 is 0 Å². The van der Waals surface area contributed by atoms with Gasteiger partial charge in [-0.15, -0.1) is 0 Å². The number of amides is 1. The van der Waals surface area contributed by atoms with Crippen molar-refractivity contribution < 1.29 is 4.79 Å². The minimum Gasteiger partial charge on any atom is -0.341 e. The fourth-order valence-electron chi connectivity index (χ4n) is 2.81. The van der Waals surface area contributed by atoms with Gasteiger partial charge >= 0.3 is 0 Å². The number of hydrogen-bond donors (Lipinski definition) is 1. The molecule has 14 heavy (non-hydrogen) atoms. The zero-order valence-corrected chi connectivity index (χ0v) is 8.59. The van der Waals surface area contributed by atoms with E-state index in [4.69, 9.17) is 0 Å². The van der Waals surface area contributed by atoms with Gasteiger partial charge in [0.15, 0.2) is 0 Å². The van der Waals surface area contributed by atoms with E-state index in [1.165, 1.54) is 19.4 Å². The number of nitrogens with zero attached hydrogens (tertiary/aromatic N) is 1. The van der Waals surface area contributed by atoms with Gasteiger partial charge in [0, 0.05) is 31.0 Å².